The summed E-state index contributed by atoms with van der Waals surface area (Å²) in [6, 6.07) is 10.9. The van der Waals surface area contributed by atoms with Crippen LogP contribution in [0.1, 0.15) is 17.5 Å². The Hall–Kier alpha value is 0.130. The van der Waals surface area contributed by atoms with E-state index in [9.17, 15) is 0 Å². The molecule has 0 amide bonds. The van der Waals surface area contributed by atoms with Gasteiger partial charge in [-0.2, -0.15) is 0 Å². The predicted molar refractivity (Wildman–Crippen MR) is 83.2 cm³/mol. The molecule has 1 aromatic carbocycles. The second kappa shape index (κ2) is 6.17. The zero-order valence-corrected chi connectivity index (χ0v) is 13.3. The Kier molecular flexibility index (Phi) is 4.85. The summed E-state index contributed by atoms with van der Waals surface area (Å²) in [6.07, 6.45) is 3.57. The molecule has 3 heteroatoms. The van der Waals surface area contributed by atoms with Crippen molar-refractivity contribution >= 4 is 49.9 Å². The zero-order chi connectivity index (χ0) is 11.4. The molecular formula is C13H12BrIS. The topological polar surface area (TPSA) is 0 Å². The maximum Gasteiger partial charge on any atom is 0.0701 e. The van der Waals surface area contributed by atoms with Crippen LogP contribution >= 0.6 is 49.9 Å². The van der Waals surface area contributed by atoms with Gasteiger partial charge in [0, 0.05) is 3.57 Å². The molecule has 2 rings (SSSR count). The van der Waals surface area contributed by atoms with Gasteiger partial charge in [-0.05, 0) is 86.4 Å². The van der Waals surface area contributed by atoms with Gasteiger partial charge in [-0.25, -0.2) is 0 Å². The van der Waals surface area contributed by atoms with Crippen molar-refractivity contribution in [2.24, 2.45) is 0 Å². The summed E-state index contributed by atoms with van der Waals surface area (Å²) >= 11 is 7.68. The highest BCUT2D eigenvalue weighted by Crippen LogP contribution is 2.22. The standard InChI is InChI=1S/C13H12BrIS/c14-13-8-10(9-16-13)4-3-6-11-5-1-2-7-12(11)15/h1-2,5,7-9H,3-4,6H2. The molecule has 0 aliphatic carbocycles. The van der Waals surface area contributed by atoms with Gasteiger partial charge in [0.05, 0.1) is 3.79 Å². The molecule has 16 heavy (non-hydrogen) atoms. The first kappa shape index (κ1) is 12.6. The zero-order valence-electron chi connectivity index (χ0n) is 8.75. The molecule has 0 saturated carbocycles. The third-order valence-electron chi connectivity index (χ3n) is 2.49. The van der Waals surface area contributed by atoms with Crippen LogP contribution in [0, 0.1) is 3.57 Å². The number of aryl methyl sites for hydroxylation is 2. The lowest BCUT2D eigenvalue weighted by Crippen LogP contribution is -1.91. The molecule has 0 fully saturated rings. The fraction of sp³-hybridized carbons (Fsp3) is 0.231. The summed E-state index contributed by atoms with van der Waals surface area (Å²) in [5.41, 5.74) is 2.92. The second-order valence-electron chi connectivity index (χ2n) is 3.70. The van der Waals surface area contributed by atoms with Crippen LogP contribution in [0.25, 0.3) is 0 Å². The highest BCUT2D eigenvalue weighted by molar-refractivity contribution is 14.1. The summed E-state index contributed by atoms with van der Waals surface area (Å²) in [7, 11) is 0. The third-order valence-corrected chi connectivity index (χ3v) is 5.10. The van der Waals surface area contributed by atoms with Gasteiger partial charge in [-0.1, -0.05) is 18.2 Å². The van der Waals surface area contributed by atoms with Crippen LogP contribution in [0.15, 0.2) is 39.5 Å². The minimum absolute atomic E-state index is 1.17. The van der Waals surface area contributed by atoms with Crippen molar-refractivity contribution in [2.45, 2.75) is 19.3 Å². The molecule has 0 unspecified atom stereocenters. The summed E-state index contributed by atoms with van der Waals surface area (Å²) in [5.74, 6) is 0. The molecule has 0 bridgehead atoms. The van der Waals surface area contributed by atoms with Crippen LogP contribution in [0.4, 0.5) is 0 Å². The molecule has 0 aliphatic rings. The van der Waals surface area contributed by atoms with Crippen LogP contribution in [-0.4, -0.2) is 0 Å². The number of benzene rings is 1. The van der Waals surface area contributed by atoms with Crippen molar-refractivity contribution in [3.8, 4) is 0 Å². The molecule has 0 nitrogen and oxygen atoms in total. The van der Waals surface area contributed by atoms with Gasteiger partial charge >= 0.3 is 0 Å². The van der Waals surface area contributed by atoms with Gasteiger partial charge in [0.25, 0.3) is 0 Å². The molecular weight excluding hydrogens is 395 g/mol. The number of hydrogen-bond acceptors (Lipinski definition) is 1. The lowest BCUT2D eigenvalue weighted by Gasteiger charge is -2.03. The summed E-state index contributed by atoms with van der Waals surface area (Å²) in [6.45, 7) is 0. The Balaban J connectivity index is 1.87. The van der Waals surface area contributed by atoms with E-state index in [2.05, 4.69) is 74.2 Å². The van der Waals surface area contributed by atoms with Crippen molar-refractivity contribution in [1.82, 2.24) is 0 Å². The van der Waals surface area contributed by atoms with Crippen LogP contribution in [-0.2, 0) is 12.8 Å². The Bertz CT molecular complexity index is 464. The number of halogens is 2. The van der Waals surface area contributed by atoms with Gasteiger partial charge in [-0.15, -0.1) is 11.3 Å². The first-order valence-corrected chi connectivity index (χ1v) is 7.97. The van der Waals surface area contributed by atoms with E-state index in [1.165, 1.54) is 37.7 Å². The molecule has 1 aromatic heterocycles. The van der Waals surface area contributed by atoms with Crippen molar-refractivity contribution in [3.63, 3.8) is 0 Å². The first-order chi connectivity index (χ1) is 7.75. The van der Waals surface area contributed by atoms with E-state index in [-0.39, 0.29) is 0 Å². The number of thiophene rings is 1. The van der Waals surface area contributed by atoms with E-state index in [0.29, 0.717) is 0 Å². The highest BCUT2D eigenvalue weighted by atomic mass is 127. The Labute approximate surface area is 122 Å². The van der Waals surface area contributed by atoms with Crippen molar-refractivity contribution < 1.29 is 0 Å². The maximum absolute atomic E-state index is 3.50. The average Bonchev–Trinajstić information content (AvgIpc) is 2.67. The molecule has 0 saturated heterocycles. The van der Waals surface area contributed by atoms with E-state index in [4.69, 9.17) is 0 Å². The third kappa shape index (κ3) is 3.57. The van der Waals surface area contributed by atoms with E-state index >= 15 is 0 Å². The van der Waals surface area contributed by atoms with Gasteiger partial charge in [-0.3, -0.25) is 0 Å². The normalized spacial score (nSPS) is 10.6. The van der Waals surface area contributed by atoms with E-state index in [0.717, 1.165) is 0 Å². The Morgan fingerprint density at radius 2 is 2.00 bits per heavy atom. The SMILES string of the molecule is Brc1cc(CCCc2ccccc2I)cs1. The van der Waals surface area contributed by atoms with E-state index < -0.39 is 0 Å². The minimum atomic E-state index is 1.17. The number of hydrogen-bond donors (Lipinski definition) is 0. The van der Waals surface area contributed by atoms with Gasteiger partial charge in [0.2, 0.25) is 0 Å². The fourth-order valence-corrected chi connectivity index (χ4v) is 3.56. The first-order valence-electron chi connectivity index (χ1n) is 5.22. The summed E-state index contributed by atoms with van der Waals surface area (Å²) in [5, 5.41) is 2.24. The number of rotatable bonds is 4. The highest BCUT2D eigenvalue weighted by Gasteiger charge is 2.00. The maximum atomic E-state index is 3.50. The van der Waals surface area contributed by atoms with E-state index in [1.807, 2.05) is 0 Å². The Morgan fingerprint density at radius 1 is 1.19 bits per heavy atom. The van der Waals surface area contributed by atoms with Crippen molar-refractivity contribution in [1.29, 1.82) is 0 Å². The summed E-state index contributed by atoms with van der Waals surface area (Å²) in [4.78, 5) is 0. The van der Waals surface area contributed by atoms with Gasteiger partial charge < -0.3 is 0 Å². The minimum Gasteiger partial charge on any atom is -0.137 e. The molecule has 0 atom stereocenters. The summed E-state index contributed by atoms with van der Waals surface area (Å²) < 4.78 is 2.61. The molecule has 1 heterocycles. The van der Waals surface area contributed by atoms with Crippen LogP contribution < -0.4 is 0 Å². The van der Waals surface area contributed by atoms with Gasteiger partial charge in [0.15, 0.2) is 0 Å². The molecule has 2 aromatic rings. The van der Waals surface area contributed by atoms with Gasteiger partial charge in [0.1, 0.15) is 0 Å². The monoisotopic (exact) mass is 406 g/mol. The van der Waals surface area contributed by atoms with Crippen LogP contribution in [0.3, 0.4) is 0 Å². The van der Waals surface area contributed by atoms with E-state index in [1.54, 1.807) is 11.3 Å². The van der Waals surface area contributed by atoms with Crippen molar-refractivity contribution in [2.75, 3.05) is 0 Å². The van der Waals surface area contributed by atoms with Crippen molar-refractivity contribution in [3.05, 3.63) is 54.2 Å². The lowest BCUT2D eigenvalue weighted by atomic mass is 10.1. The lowest BCUT2D eigenvalue weighted by molar-refractivity contribution is 0.820. The molecule has 0 aliphatic heterocycles. The predicted octanol–water partition coefficient (Wildman–Crippen LogP) is 5.29. The average molecular weight is 407 g/mol. The quantitative estimate of drug-likeness (QED) is 0.605. The molecule has 84 valence electrons. The smallest absolute Gasteiger partial charge is 0.0701 e. The molecule has 0 radical (unpaired) electrons. The van der Waals surface area contributed by atoms with Crippen LogP contribution in [0.2, 0.25) is 0 Å². The molecule has 0 N–H and O–H groups in total. The largest absolute Gasteiger partial charge is 0.137 e. The second-order valence-corrected chi connectivity index (χ2v) is 7.16. The fourth-order valence-electron chi connectivity index (χ4n) is 1.66. The molecule has 0 spiro atoms. The van der Waals surface area contributed by atoms with Crippen LogP contribution in [0.5, 0.6) is 0 Å². The Morgan fingerprint density at radius 3 is 2.69 bits per heavy atom.